The monoisotopic (exact) mass is 330 g/mol. The third-order valence-electron chi connectivity index (χ3n) is 4.03. The average molecular weight is 330 g/mol. The first-order valence-corrected chi connectivity index (χ1v) is 8.89. The minimum Gasteiger partial charge on any atom is -0.355 e. The molecule has 0 bridgehead atoms. The van der Waals surface area contributed by atoms with E-state index in [9.17, 15) is 13.2 Å². The molecule has 23 heavy (non-hydrogen) atoms. The Morgan fingerprint density at radius 2 is 1.78 bits per heavy atom. The van der Waals surface area contributed by atoms with E-state index in [1.54, 1.807) is 36.4 Å². The highest BCUT2D eigenvalue weighted by Gasteiger charge is 2.23. The van der Waals surface area contributed by atoms with Crippen LogP contribution in [0.4, 0.5) is 5.69 Å². The van der Waals surface area contributed by atoms with Crippen LogP contribution in [-0.2, 0) is 14.8 Å². The van der Waals surface area contributed by atoms with Crippen molar-refractivity contribution in [2.45, 2.75) is 24.2 Å². The second kappa shape index (κ2) is 6.04. The smallest absolute Gasteiger partial charge is 0.261 e. The van der Waals surface area contributed by atoms with Crippen molar-refractivity contribution in [2.24, 2.45) is 0 Å². The first kappa shape index (κ1) is 15.6. The van der Waals surface area contributed by atoms with Crippen LogP contribution in [0.15, 0.2) is 53.4 Å². The summed E-state index contributed by atoms with van der Waals surface area (Å²) in [4.78, 5) is 11.5. The van der Waals surface area contributed by atoms with Gasteiger partial charge in [0.05, 0.1) is 10.6 Å². The lowest BCUT2D eigenvalue weighted by Crippen LogP contribution is -2.14. The number of amides is 1. The summed E-state index contributed by atoms with van der Waals surface area (Å²) in [5.41, 5.74) is 2.41. The van der Waals surface area contributed by atoms with Crippen molar-refractivity contribution in [3.63, 3.8) is 0 Å². The minimum absolute atomic E-state index is 0.0351. The number of nitrogens with one attached hydrogen (secondary N) is 2. The normalized spacial score (nSPS) is 17.8. The summed E-state index contributed by atoms with van der Waals surface area (Å²) in [5, 5.41) is 2.78. The lowest BCUT2D eigenvalue weighted by Gasteiger charge is -2.12. The molecule has 0 unspecified atom stereocenters. The predicted octanol–water partition coefficient (Wildman–Crippen LogP) is 2.40. The third-order valence-corrected chi connectivity index (χ3v) is 5.41. The van der Waals surface area contributed by atoms with Gasteiger partial charge in [0, 0.05) is 18.9 Å². The summed E-state index contributed by atoms with van der Waals surface area (Å²) in [6.07, 6.45) is 0.452. The molecule has 1 fully saturated rings. The summed E-state index contributed by atoms with van der Waals surface area (Å²) in [6, 6.07) is 13.9. The summed E-state index contributed by atoms with van der Waals surface area (Å²) in [6.45, 7) is 2.46. The van der Waals surface area contributed by atoms with E-state index >= 15 is 0 Å². The van der Waals surface area contributed by atoms with Crippen molar-refractivity contribution in [2.75, 3.05) is 11.3 Å². The van der Waals surface area contributed by atoms with Gasteiger partial charge in [-0.3, -0.25) is 9.52 Å². The van der Waals surface area contributed by atoms with E-state index in [1.807, 2.05) is 19.1 Å². The Labute approximate surface area is 135 Å². The Bertz CT molecular complexity index is 829. The van der Waals surface area contributed by atoms with Gasteiger partial charge < -0.3 is 5.32 Å². The lowest BCUT2D eigenvalue weighted by atomic mass is 9.99. The standard InChI is InChI=1S/C17H18N2O3S/c1-12-4-2-3-5-16(12)19-23(21,22)15-8-6-13(7-9-15)14-10-17(20)18-11-14/h2-9,14,19H,10-11H2,1H3,(H,18,20)/t14-/m1/s1. The molecule has 2 aromatic carbocycles. The summed E-state index contributed by atoms with van der Waals surface area (Å²) in [5.74, 6) is 0.150. The van der Waals surface area contributed by atoms with Gasteiger partial charge in [0.25, 0.3) is 10.0 Å². The van der Waals surface area contributed by atoms with Gasteiger partial charge in [-0.25, -0.2) is 8.42 Å². The van der Waals surface area contributed by atoms with Crippen molar-refractivity contribution in [1.82, 2.24) is 5.32 Å². The van der Waals surface area contributed by atoms with E-state index in [2.05, 4.69) is 10.0 Å². The highest BCUT2D eigenvalue weighted by atomic mass is 32.2. The van der Waals surface area contributed by atoms with Gasteiger partial charge in [-0.05, 0) is 36.2 Å². The summed E-state index contributed by atoms with van der Waals surface area (Å²) in [7, 11) is -3.62. The third kappa shape index (κ3) is 3.37. The Balaban J connectivity index is 1.81. The molecule has 2 N–H and O–H groups in total. The lowest BCUT2D eigenvalue weighted by molar-refractivity contribution is -0.119. The second-order valence-electron chi connectivity index (χ2n) is 5.69. The molecule has 1 aliphatic rings. The zero-order valence-corrected chi connectivity index (χ0v) is 13.6. The van der Waals surface area contributed by atoms with Crippen LogP contribution in [0.3, 0.4) is 0 Å². The SMILES string of the molecule is Cc1ccccc1NS(=O)(=O)c1ccc([C@H]2CNC(=O)C2)cc1. The molecule has 6 heteroatoms. The molecular formula is C17H18N2O3S. The number of aryl methyl sites for hydroxylation is 1. The topological polar surface area (TPSA) is 75.3 Å². The molecule has 1 aliphatic heterocycles. The number of carbonyl (C=O) groups is 1. The quantitative estimate of drug-likeness (QED) is 0.904. The Kier molecular flexibility index (Phi) is 4.09. The first-order chi connectivity index (χ1) is 11.0. The van der Waals surface area contributed by atoms with E-state index in [-0.39, 0.29) is 16.7 Å². The second-order valence-corrected chi connectivity index (χ2v) is 7.38. The fourth-order valence-corrected chi connectivity index (χ4v) is 3.78. The van der Waals surface area contributed by atoms with Gasteiger partial charge in [0.1, 0.15) is 0 Å². The molecule has 0 saturated carbocycles. The molecule has 2 aromatic rings. The van der Waals surface area contributed by atoms with E-state index in [0.29, 0.717) is 18.7 Å². The zero-order chi connectivity index (χ0) is 16.4. The number of carbonyl (C=O) groups excluding carboxylic acids is 1. The fraction of sp³-hybridized carbons (Fsp3) is 0.235. The molecule has 1 heterocycles. The van der Waals surface area contributed by atoms with E-state index in [4.69, 9.17) is 0 Å². The molecule has 3 rings (SSSR count). The Morgan fingerprint density at radius 3 is 2.39 bits per heavy atom. The number of benzene rings is 2. The van der Waals surface area contributed by atoms with Gasteiger partial charge >= 0.3 is 0 Å². The van der Waals surface area contributed by atoms with Crippen LogP contribution in [0.1, 0.15) is 23.5 Å². The molecule has 5 nitrogen and oxygen atoms in total. The largest absolute Gasteiger partial charge is 0.355 e. The number of hydrogen-bond donors (Lipinski definition) is 2. The van der Waals surface area contributed by atoms with Crippen LogP contribution in [0.2, 0.25) is 0 Å². The van der Waals surface area contributed by atoms with Crippen molar-refractivity contribution >= 4 is 21.6 Å². The zero-order valence-electron chi connectivity index (χ0n) is 12.7. The Morgan fingerprint density at radius 1 is 1.09 bits per heavy atom. The molecule has 0 aromatic heterocycles. The van der Waals surface area contributed by atoms with Gasteiger partial charge in [-0.15, -0.1) is 0 Å². The van der Waals surface area contributed by atoms with E-state index in [1.165, 1.54) is 0 Å². The van der Waals surface area contributed by atoms with Gasteiger partial charge in [0.2, 0.25) is 5.91 Å². The minimum atomic E-state index is -3.62. The van der Waals surface area contributed by atoms with Crippen LogP contribution in [0.5, 0.6) is 0 Å². The van der Waals surface area contributed by atoms with Crippen LogP contribution >= 0.6 is 0 Å². The average Bonchev–Trinajstić information content (AvgIpc) is 2.96. The predicted molar refractivity (Wildman–Crippen MR) is 88.8 cm³/mol. The van der Waals surface area contributed by atoms with Crippen LogP contribution < -0.4 is 10.0 Å². The van der Waals surface area contributed by atoms with Crippen molar-refractivity contribution < 1.29 is 13.2 Å². The molecule has 0 aliphatic carbocycles. The van der Waals surface area contributed by atoms with Gasteiger partial charge in [-0.1, -0.05) is 30.3 Å². The van der Waals surface area contributed by atoms with E-state index < -0.39 is 10.0 Å². The van der Waals surface area contributed by atoms with Crippen molar-refractivity contribution in [3.05, 3.63) is 59.7 Å². The molecule has 120 valence electrons. The van der Waals surface area contributed by atoms with Crippen molar-refractivity contribution in [3.8, 4) is 0 Å². The van der Waals surface area contributed by atoms with Crippen LogP contribution in [0.25, 0.3) is 0 Å². The first-order valence-electron chi connectivity index (χ1n) is 7.41. The number of anilines is 1. The highest BCUT2D eigenvalue weighted by molar-refractivity contribution is 7.92. The van der Waals surface area contributed by atoms with Crippen LogP contribution in [-0.4, -0.2) is 20.9 Å². The van der Waals surface area contributed by atoms with Gasteiger partial charge in [0.15, 0.2) is 0 Å². The maximum Gasteiger partial charge on any atom is 0.261 e. The highest BCUT2D eigenvalue weighted by Crippen LogP contribution is 2.25. The summed E-state index contributed by atoms with van der Waals surface area (Å²) >= 11 is 0. The molecule has 1 atom stereocenters. The molecule has 0 spiro atoms. The fourth-order valence-electron chi connectivity index (χ4n) is 2.65. The number of hydrogen-bond acceptors (Lipinski definition) is 3. The molecule has 1 amide bonds. The van der Waals surface area contributed by atoms with E-state index in [0.717, 1.165) is 11.1 Å². The molecular weight excluding hydrogens is 312 g/mol. The van der Waals surface area contributed by atoms with Crippen LogP contribution in [0, 0.1) is 6.92 Å². The number of rotatable bonds is 4. The molecule has 1 saturated heterocycles. The maximum absolute atomic E-state index is 12.5. The van der Waals surface area contributed by atoms with Crippen molar-refractivity contribution in [1.29, 1.82) is 0 Å². The van der Waals surface area contributed by atoms with Gasteiger partial charge in [-0.2, -0.15) is 0 Å². The Hall–Kier alpha value is -2.34. The summed E-state index contributed by atoms with van der Waals surface area (Å²) < 4.78 is 27.5. The number of sulfonamides is 1. The molecule has 0 radical (unpaired) electrons. The number of para-hydroxylation sites is 1. The maximum atomic E-state index is 12.5.